The second-order valence-electron chi connectivity index (χ2n) is 5.42. The van der Waals surface area contributed by atoms with Crippen LogP contribution >= 0.6 is 11.8 Å². The number of ketones is 1. The van der Waals surface area contributed by atoms with E-state index in [0.717, 1.165) is 17.7 Å². The first-order valence-electron chi connectivity index (χ1n) is 7.50. The maximum atomic E-state index is 11.7. The normalized spacial score (nSPS) is 19.2. The molecule has 1 heterocycles. The standard InChI is InChI=1S/C17H19NO5S/c1-2-7-23-17(22)12-5-3-11(4-6-12)10-24-15-9-13(18-15)8-14(19)16(20)21/h2-6,13,15,18H,1,7-10H2,(H,20,21). The first-order valence-corrected chi connectivity index (χ1v) is 8.55. The summed E-state index contributed by atoms with van der Waals surface area (Å²) in [7, 11) is 0. The number of esters is 1. The van der Waals surface area contributed by atoms with Gasteiger partial charge < -0.3 is 15.2 Å². The number of carbonyl (C=O) groups is 3. The Balaban J connectivity index is 1.70. The fourth-order valence-corrected chi connectivity index (χ4v) is 3.46. The van der Waals surface area contributed by atoms with Crippen molar-refractivity contribution in [2.75, 3.05) is 6.61 Å². The topological polar surface area (TPSA) is 92.7 Å². The molecule has 2 unspecified atom stereocenters. The number of Topliss-reactive ketones (excluding diaryl/α,β-unsaturated/α-hetero) is 1. The van der Waals surface area contributed by atoms with Crippen molar-refractivity contribution in [3.05, 3.63) is 48.0 Å². The van der Waals surface area contributed by atoms with Crippen LogP contribution in [0.25, 0.3) is 0 Å². The van der Waals surface area contributed by atoms with E-state index in [9.17, 15) is 14.4 Å². The molecule has 1 saturated heterocycles. The average molecular weight is 349 g/mol. The number of hydrogen-bond donors (Lipinski definition) is 2. The number of carbonyl (C=O) groups excluding carboxylic acids is 2. The fourth-order valence-electron chi connectivity index (χ4n) is 2.22. The van der Waals surface area contributed by atoms with Crippen LogP contribution in [-0.4, -0.2) is 40.9 Å². The maximum Gasteiger partial charge on any atom is 0.372 e. The highest BCUT2D eigenvalue weighted by molar-refractivity contribution is 7.99. The molecule has 0 aromatic heterocycles. The molecular formula is C17H19NO5S. The van der Waals surface area contributed by atoms with Crippen molar-refractivity contribution < 1.29 is 24.2 Å². The highest BCUT2D eigenvalue weighted by Gasteiger charge is 2.31. The van der Waals surface area contributed by atoms with Crippen LogP contribution in [0.3, 0.4) is 0 Å². The highest BCUT2D eigenvalue weighted by atomic mass is 32.2. The summed E-state index contributed by atoms with van der Waals surface area (Å²) in [4.78, 5) is 33.2. The number of hydrogen-bond acceptors (Lipinski definition) is 6. The van der Waals surface area contributed by atoms with Crippen LogP contribution in [0, 0.1) is 0 Å². The molecule has 1 aliphatic rings. The van der Waals surface area contributed by atoms with Crippen LogP contribution in [0.15, 0.2) is 36.9 Å². The molecule has 1 fully saturated rings. The van der Waals surface area contributed by atoms with Gasteiger partial charge in [0.1, 0.15) is 6.61 Å². The molecule has 2 N–H and O–H groups in total. The van der Waals surface area contributed by atoms with E-state index in [4.69, 9.17) is 9.84 Å². The van der Waals surface area contributed by atoms with Crippen LogP contribution in [0.1, 0.15) is 28.8 Å². The Morgan fingerprint density at radius 3 is 2.58 bits per heavy atom. The van der Waals surface area contributed by atoms with E-state index in [1.54, 1.807) is 23.9 Å². The Labute approximate surface area is 144 Å². The smallest absolute Gasteiger partial charge is 0.372 e. The summed E-state index contributed by atoms with van der Waals surface area (Å²) in [6.45, 7) is 3.68. The van der Waals surface area contributed by atoms with Crippen molar-refractivity contribution in [2.45, 2.75) is 30.0 Å². The summed E-state index contributed by atoms with van der Waals surface area (Å²) in [6, 6.07) is 7.16. The fraction of sp³-hybridized carbons (Fsp3) is 0.353. The number of carboxylic acids is 1. The van der Waals surface area contributed by atoms with Crippen molar-refractivity contribution in [1.82, 2.24) is 5.32 Å². The van der Waals surface area contributed by atoms with E-state index in [1.807, 2.05) is 12.1 Å². The van der Waals surface area contributed by atoms with Crippen LogP contribution < -0.4 is 5.32 Å². The molecule has 1 aliphatic heterocycles. The Bertz CT molecular complexity index is 622. The lowest BCUT2D eigenvalue weighted by atomic mass is 10.0. The highest BCUT2D eigenvalue weighted by Crippen LogP contribution is 2.28. The lowest BCUT2D eigenvalue weighted by Crippen LogP contribution is -2.51. The van der Waals surface area contributed by atoms with E-state index >= 15 is 0 Å². The lowest BCUT2D eigenvalue weighted by molar-refractivity contribution is -0.149. The summed E-state index contributed by atoms with van der Waals surface area (Å²) in [6.07, 6.45) is 2.33. The largest absolute Gasteiger partial charge is 0.476 e. The molecule has 0 amide bonds. The van der Waals surface area contributed by atoms with E-state index < -0.39 is 11.8 Å². The van der Waals surface area contributed by atoms with Gasteiger partial charge in [-0.25, -0.2) is 9.59 Å². The van der Waals surface area contributed by atoms with Crippen molar-refractivity contribution >= 4 is 29.5 Å². The van der Waals surface area contributed by atoms with Crippen molar-refractivity contribution in [3.63, 3.8) is 0 Å². The number of aliphatic carboxylic acids is 1. The van der Waals surface area contributed by atoms with E-state index in [1.165, 1.54) is 6.08 Å². The molecule has 24 heavy (non-hydrogen) atoms. The molecular weight excluding hydrogens is 330 g/mol. The average Bonchev–Trinajstić information content (AvgIpc) is 2.54. The number of benzene rings is 1. The maximum absolute atomic E-state index is 11.7. The molecule has 0 bridgehead atoms. The molecule has 7 heteroatoms. The second-order valence-corrected chi connectivity index (χ2v) is 6.61. The molecule has 2 rings (SSSR count). The monoisotopic (exact) mass is 349 g/mol. The third-order valence-corrected chi connectivity index (χ3v) is 4.79. The van der Waals surface area contributed by atoms with E-state index in [0.29, 0.717) is 5.56 Å². The summed E-state index contributed by atoms with van der Waals surface area (Å²) < 4.78 is 4.96. The van der Waals surface area contributed by atoms with Gasteiger partial charge in [-0.1, -0.05) is 24.8 Å². The molecule has 2 atom stereocenters. The van der Waals surface area contributed by atoms with E-state index in [-0.39, 0.29) is 30.4 Å². The zero-order valence-electron chi connectivity index (χ0n) is 13.1. The first kappa shape index (κ1) is 18.2. The van der Waals surface area contributed by atoms with Gasteiger partial charge in [0.2, 0.25) is 5.78 Å². The number of ether oxygens (including phenoxy) is 1. The zero-order valence-corrected chi connectivity index (χ0v) is 13.9. The Kier molecular flexibility index (Phi) is 6.57. The van der Waals surface area contributed by atoms with Crippen LogP contribution in [-0.2, 0) is 20.1 Å². The van der Waals surface area contributed by atoms with Gasteiger partial charge in [0.05, 0.1) is 10.9 Å². The van der Waals surface area contributed by atoms with Crippen molar-refractivity contribution in [1.29, 1.82) is 0 Å². The minimum absolute atomic E-state index is 0.0356. The minimum atomic E-state index is -1.38. The van der Waals surface area contributed by atoms with Crippen LogP contribution in [0.5, 0.6) is 0 Å². The van der Waals surface area contributed by atoms with Crippen molar-refractivity contribution in [3.8, 4) is 0 Å². The van der Waals surface area contributed by atoms with Gasteiger partial charge >= 0.3 is 11.9 Å². The third-order valence-electron chi connectivity index (χ3n) is 3.56. The Morgan fingerprint density at radius 1 is 1.33 bits per heavy atom. The number of rotatable bonds is 9. The van der Waals surface area contributed by atoms with Gasteiger partial charge in [0, 0.05) is 18.2 Å². The lowest BCUT2D eigenvalue weighted by Gasteiger charge is -2.36. The Morgan fingerprint density at radius 2 is 2.00 bits per heavy atom. The van der Waals surface area contributed by atoms with Gasteiger partial charge in [-0.2, -0.15) is 0 Å². The zero-order chi connectivity index (χ0) is 17.5. The quantitative estimate of drug-likeness (QED) is 0.400. The van der Waals surface area contributed by atoms with Gasteiger partial charge in [-0.05, 0) is 24.1 Å². The first-order chi connectivity index (χ1) is 11.5. The predicted octanol–water partition coefficient (Wildman–Crippen LogP) is 1.99. The van der Waals surface area contributed by atoms with E-state index in [2.05, 4.69) is 11.9 Å². The molecule has 0 saturated carbocycles. The van der Waals surface area contributed by atoms with Crippen LogP contribution in [0.2, 0.25) is 0 Å². The molecule has 1 aromatic carbocycles. The summed E-state index contributed by atoms with van der Waals surface area (Å²) >= 11 is 1.68. The van der Waals surface area contributed by atoms with Gasteiger partial charge in [0.25, 0.3) is 0 Å². The van der Waals surface area contributed by atoms with Gasteiger partial charge in [0.15, 0.2) is 0 Å². The molecule has 0 spiro atoms. The Hall–Kier alpha value is -2.12. The predicted molar refractivity (Wildman–Crippen MR) is 90.8 cm³/mol. The molecule has 6 nitrogen and oxygen atoms in total. The van der Waals surface area contributed by atoms with Gasteiger partial charge in [-0.3, -0.25) is 4.79 Å². The summed E-state index contributed by atoms with van der Waals surface area (Å²) in [5.41, 5.74) is 1.58. The molecule has 128 valence electrons. The third kappa shape index (κ3) is 5.21. The molecule has 0 aliphatic carbocycles. The molecule has 1 aromatic rings. The van der Waals surface area contributed by atoms with Gasteiger partial charge in [-0.15, -0.1) is 11.8 Å². The number of carboxylic acid groups (broad SMARTS) is 1. The minimum Gasteiger partial charge on any atom is -0.476 e. The van der Waals surface area contributed by atoms with Crippen LogP contribution in [0.4, 0.5) is 0 Å². The second kappa shape index (κ2) is 8.65. The molecule has 0 radical (unpaired) electrons. The number of thioether (sulfide) groups is 1. The summed E-state index contributed by atoms with van der Waals surface area (Å²) in [5, 5.41) is 12.0. The van der Waals surface area contributed by atoms with Crippen molar-refractivity contribution in [2.24, 2.45) is 0 Å². The SMILES string of the molecule is C=CCOC(=O)c1ccc(CSC2CC(CC(=O)C(=O)O)N2)cc1. The number of nitrogens with one attached hydrogen (secondary N) is 1. The summed E-state index contributed by atoms with van der Waals surface area (Å²) in [5.74, 6) is -1.74.